The zero-order chi connectivity index (χ0) is 14.5. The van der Waals surface area contributed by atoms with E-state index in [9.17, 15) is 0 Å². The Morgan fingerprint density at radius 3 is 2.65 bits per heavy atom. The minimum atomic E-state index is 0.520. The molecule has 0 aliphatic carbocycles. The maximum Gasteiger partial charge on any atom is 0.175 e. The van der Waals surface area contributed by atoms with Gasteiger partial charge in [-0.1, -0.05) is 28.1 Å². The predicted octanol–water partition coefficient (Wildman–Crippen LogP) is 4.58. The van der Waals surface area contributed by atoms with Crippen molar-refractivity contribution in [2.75, 3.05) is 17.7 Å². The molecule has 2 N–H and O–H groups in total. The van der Waals surface area contributed by atoms with Crippen LogP contribution in [-0.2, 0) is 0 Å². The van der Waals surface area contributed by atoms with Crippen molar-refractivity contribution in [3.63, 3.8) is 0 Å². The van der Waals surface area contributed by atoms with Crippen LogP contribution in [0, 0.1) is 6.92 Å². The zero-order valence-electron chi connectivity index (χ0n) is 11.2. The molecule has 0 aliphatic rings. The van der Waals surface area contributed by atoms with Crippen LogP contribution in [0.5, 0.6) is 5.75 Å². The van der Waals surface area contributed by atoms with Crippen LogP contribution < -0.4 is 15.4 Å². The fourth-order valence-corrected chi connectivity index (χ4v) is 2.40. The first-order valence-electron chi connectivity index (χ1n) is 6.06. The second-order valence-corrected chi connectivity index (χ2v) is 5.62. The molecular weight excluding hydrogens is 336 g/mol. The molecule has 0 amide bonds. The maximum atomic E-state index is 5.32. The molecular formula is C15H15BrN2OS. The lowest BCUT2D eigenvalue weighted by Crippen LogP contribution is -2.19. The predicted molar refractivity (Wildman–Crippen MR) is 91.7 cm³/mol. The Bertz CT molecular complexity index is 631. The average molecular weight is 351 g/mol. The zero-order valence-corrected chi connectivity index (χ0v) is 13.6. The number of hydrogen-bond donors (Lipinski definition) is 2. The van der Waals surface area contributed by atoms with E-state index in [0.717, 1.165) is 27.2 Å². The highest BCUT2D eigenvalue weighted by atomic mass is 79.9. The summed E-state index contributed by atoms with van der Waals surface area (Å²) in [5, 5.41) is 6.81. The number of thiocarbonyl (C=S) groups is 1. The van der Waals surface area contributed by atoms with Crippen molar-refractivity contribution in [2.24, 2.45) is 0 Å². The van der Waals surface area contributed by atoms with Crippen LogP contribution in [0.4, 0.5) is 11.4 Å². The Morgan fingerprint density at radius 1 is 1.15 bits per heavy atom. The average Bonchev–Trinajstić information content (AvgIpc) is 2.38. The summed E-state index contributed by atoms with van der Waals surface area (Å²) in [6.07, 6.45) is 0. The lowest BCUT2D eigenvalue weighted by molar-refractivity contribution is 0.417. The fraction of sp³-hybridized carbons (Fsp3) is 0.133. The maximum absolute atomic E-state index is 5.32. The Labute approximate surface area is 132 Å². The van der Waals surface area contributed by atoms with Gasteiger partial charge in [0, 0.05) is 10.2 Å². The van der Waals surface area contributed by atoms with E-state index in [4.69, 9.17) is 17.0 Å². The molecule has 0 unspecified atom stereocenters. The van der Waals surface area contributed by atoms with Gasteiger partial charge in [-0.05, 0) is 55.0 Å². The van der Waals surface area contributed by atoms with Gasteiger partial charge >= 0.3 is 0 Å². The third-order valence-corrected chi connectivity index (χ3v) is 3.38. The molecule has 0 saturated carbocycles. The summed E-state index contributed by atoms with van der Waals surface area (Å²) < 4.78 is 6.31. The van der Waals surface area contributed by atoms with Crippen molar-refractivity contribution in [3.05, 3.63) is 52.5 Å². The van der Waals surface area contributed by atoms with Crippen molar-refractivity contribution in [3.8, 4) is 5.75 Å². The van der Waals surface area contributed by atoms with Crippen LogP contribution in [0.1, 0.15) is 5.56 Å². The third-order valence-electron chi connectivity index (χ3n) is 2.69. The summed E-state index contributed by atoms with van der Waals surface area (Å²) in [5.74, 6) is 0.758. The minimum absolute atomic E-state index is 0.520. The molecule has 2 rings (SSSR count). The SMILES string of the molecule is COc1ccc(C)cc1NC(=S)Nc1cccc(Br)c1. The number of anilines is 2. The van der Waals surface area contributed by atoms with Crippen LogP contribution >= 0.6 is 28.1 Å². The third kappa shape index (κ3) is 3.95. The van der Waals surface area contributed by atoms with Gasteiger partial charge in [0.15, 0.2) is 5.11 Å². The highest BCUT2D eigenvalue weighted by Crippen LogP contribution is 2.25. The molecule has 2 aromatic carbocycles. The summed E-state index contributed by atoms with van der Waals surface area (Å²) in [4.78, 5) is 0. The standard InChI is InChI=1S/C15H15BrN2OS/c1-10-6-7-14(19-2)13(8-10)18-15(20)17-12-5-3-4-11(16)9-12/h3-9H,1-2H3,(H2,17,18,20). The van der Waals surface area contributed by atoms with E-state index in [0.29, 0.717) is 5.11 Å². The fourth-order valence-electron chi connectivity index (χ4n) is 1.77. The van der Waals surface area contributed by atoms with Crippen LogP contribution in [0.15, 0.2) is 46.9 Å². The van der Waals surface area contributed by atoms with E-state index in [2.05, 4.69) is 26.6 Å². The summed E-state index contributed by atoms with van der Waals surface area (Å²) in [7, 11) is 1.64. The number of rotatable bonds is 3. The Hall–Kier alpha value is -1.59. The first kappa shape index (κ1) is 14.8. The number of halogens is 1. The minimum Gasteiger partial charge on any atom is -0.495 e. The number of hydrogen-bond acceptors (Lipinski definition) is 2. The first-order valence-corrected chi connectivity index (χ1v) is 7.27. The molecule has 0 bridgehead atoms. The molecule has 5 heteroatoms. The van der Waals surface area contributed by atoms with Gasteiger partial charge in [0.2, 0.25) is 0 Å². The van der Waals surface area contributed by atoms with Crippen LogP contribution in [0.2, 0.25) is 0 Å². The normalized spacial score (nSPS) is 9.95. The molecule has 3 nitrogen and oxygen atoms in total. The van der Waals surface area contributed by atoms with Gasteiger partial charge in [0.05, 0.1) is 12.8 Å². The highest BCUT2D eigenvalue weighted by Gasteiger charge is 2.05. The second kappa shape index (κ2) is 6.72. The van der Waals surface area contributed by atoms with E-state index in [-0.39, 0.29) is 0 Å². The van der Waals surface area contributed by atoms with Gasteiger partial charge in [-0.2, -0.15) is 0 Å². The summed E-state index contributed by atoms with van der Waals surface area (Å²) >= 11 is 8.75. The number of methoxy groups -OCH3 is 1. The van der Waals surface area contributed by atoms with E-state index in [1.54, 1.807) is 7.11 Å². The van der Waals surface area contributed by atoms with Crippen molar-refractivity contribution in [2.45, 2.75) is 6.92 Å². The lowest BCUT2D eigenvalue weighted by atomic mass is 10.2. The van der Waals surface area contributed by atoms with Gasteiger partial charge in [-0.25, -0.2) is 0 Å². The molecule has 0 saturated heterocycles. The molecule has 0 spiro atoms. The van der Waals surface area contributed by atoms with Gasteiger partial charge in [0.25, 0.3) is 0 Å². The van der Waals surface area contributed by atoms with Crippen molar-refractivity contribution >= 4 is 44.6 Å². The number of ether oxygens (including phenoxy) is 1. The quantitative estimate of drug-likeness (QED) is 0.794. The molecule has 0 atom stereocenters. The molecule has 2 aromatic rings. The summed E-state index contributed by atoms with van der Waals surface area (Å²) in [5.41, 5.74) is 2.90. The largest absolute Gasteiger partial charge is 0.495 e. The Morgan fingerprint density at radius 2 is 1.95 bits per heavy atom. The molecule has 0 aliphatic heterocycles. The van der Waals surface area contributed by atoms with Crippen LogP contribution in [0.25, 0.3) is 0 Å². The smallest absolute Gasteiger partial charge is 0.175 e. The van der Waals surface area contributed by atoms with E-state index in [1.807, 2.05) is 49.4 Å². The van der Waals surface area contributed by atoms with Crippen molar-refractivity contribution in [1.29, 1.82) is 0 Å². The highest BCUT2D eigenvalue weighted by molar-refractivity contribution is 9.10. The number of aryl methyl sites for hydroxylation is 1. The van der Waals surface area contributed by atoms with Gasteiger partial charge in [-0.15, -0.1) is 0 Å². The van der Waals surface area contributed by atoms with Crippen LogP contribution in [0.3, 0.4) is 0 Å². The Kier molecular flexibility index (Phi) is 4.98. The topological polar surface area (TPSA) is 33.3 Å². The molecule has 104 valence electrons. The Balaban J connectivity index is 2.10. The molecule has 0 heterocycles. The number of benzene rings is 2. The molecule has 0 radical (unpaired) electrons. The molecule has 0 fully saturated rings. The summed E-state index contributed by atoms with van der Waals surface area (Å²) in [6, 6.07) is 13.7. The van der Waals surface area contributed by atoms with Gasteiger partial charge < -0.3 is 15.4 Å². The second-order valence-electron chi connectivity index (χ2n) is 4.29. The monoisotopic (exact) mass is 350 g/mol. The van der Waals surface area contributed by atoms with Crippen LogP contribution in [-0.4, -0.2) is 12.2 Å². The molecule has 20 heavy (non-hydrogen) atoms. The van der Waals surface area contributed by atoms with Crippen molar-refractivity contribution < 1.29 is 4.74 Å². The summed E-state index contributed by atoms with van der Waals surface area (Å²) in [6.45, 7) is 2.02. The number of nitrogens with one attached hydrogen (secondary N) is 2. The van der Waals surface area contributed by atoms with E-state index >= 15 is 0 Å². The lowest BCUT2D eigenvalue weighted by Gasteiger charge is -2.14. The van der Waals surface area contributed by atoms with E-state index < -0.39 is 0 Å². The van der Waals surface area contributed by atoms with Gasteiger partial charge in [0.1, 0.15) is 5.75 Å². The molecule has 0 aromatic heterocycles. The van der Waals surface area contributed by atoms with Gasteiger partial charge in [-0.3, -0.25) is 0 Å². The van der Waals surface area contributed by atoms with E-state index in [1.165, 1.54) is 0 Å². The van der Waals surface area contributed by atoms with Crippen molar-refractivity contribution in [1.82, 2.24) is 0 Å². The first-order chi connectivity index (χ1) is 9.58.